The minimum atomic E-state index is 0.398. The molecule has 0 N–H and O–H groups in total. The van der Waals surface area contributed by atoms with E-state index in [-0.39, 0.29) is 0 Å². The van der Waals surface area contributed by atoms with Gasteiger partial charge in [-0.1, -0.05) is 31.9 Å². The number of ether oxygens (including phenoxy) is 8. The first-order valence-electron chi connectivity index (χ1n) is 11.1. The van der Waals surface area contributed by atoms with Gasteiger partial charge in [-0.2, -0.15) is 0 Å². The fraction of sp³-hybridized carbons (Fsp3) is 0.500. The molecular weight excluding hydrogens is 576 g/mol. The lowest BCUT2D eigenvalue weighted by Gasteiger charge is -2.15. The Bertz CT molecular complexity index is 782. The van der Waals surface area contributed by atoms with Crippen LogP contribution >= 0.6 is 31.9 Å². The standard InChI is InChI=1S/C24H30Br2O8/c25-19-1-3-21-23(17-19)33-15-11-29-7-8-30-12-16-34-24-18-20(26)2-4-22(24)32-14-10-28-6-5-27-9-13-31-21/h1-4,17-18H,5-16H2. The van der Waals surface area contributed by atoms with Crippen molar-refractivity contribution < 1.29 is 37.9 Å². The highest BCUT2D eigenvalue weighted by molar-refractivity contribution is 9.10. The molecule has 3 rings (SSSR count). The van der Waals surface area contributed by atoms with Crippen LogP contribution in [-0.4, -0.2) is 79.3 Å². The van der Waals surface area contributed by atoms with Crippen LogP contribution in [-0.2, 0) is 18.9 Å². The average molecular weight is 606 g/mol. The molecule has 0 atom stereocenters. The van der Waals surface area contributed by atoms with Gasteiger partial charge in [0.1, 0.15) is 26.4 Å². The van der Waals surface area contributed by atoms with Crippen LogP contribution in [0.3, 0.4) is 0 Å². The van der Waals surface area contributed by atoms with E-state index < -0.39 is 0 Å². The second-order valence-electron chi connectivity index (χ2n) is 7.03. The van der Waals surface area contributed by atoms with Crippen molar-refractivity contribution in [2.75, 3.05) is 79.3 Å². The van der Waals surface area contributed by atoms with Crippen LogP contribution < -0.4 is 18.9 Å². The van der Waals surface area contributed by atoms with Crippen molar-refractivity contribution in [2.24, 2.45) is 0 Å². The maximum Gasteiger partial charge on any atom is 0.162 e. The molecule has 8 nitrogen and oxygen atoms in total. The highest BCUT2D eigenvalue weighted by atomic mass is 79.9. The van der Waals surface area contributed by atoms with Gasteiger partial charge in [0.15, 0.2) is 23.0 Å². The largest absolute Gasteiger partial charge is 0.487 e. The third kappa shape index (κ3) is 10.4. The van der Waals surface area contributed by atoms with Crippen LogP contribution in [0.1, 0.15) is 0 Å². The molecule has 0 aliphatic carbocycles. The molecule has 0 amide bonds. The van der Waals surface area contributed by atoms with Gasteiger partial charge >= 0.3 is 0 Å². The molecular formula is C24H30Br2O8. The highest BCUT2D eigenvalue weighted by Gasteiger charge is 2.08. The minimum absolute atomic E-state index is 0.398. The molecule has 10 heteroatoms. The van der Waals surface area contributed by atoms with Crippen molar-refractivity contribution in [2.45, 2.75) is 0 Å². The third-order valence-electron chi connectivity index (χ3n) is 4.50. The molecule has 2 aromatic carbocycles. The van der Waals surface area contributed by atoms with Crippen molar-refractivity contribution in [3.63, 3.8) is 0 Å². The summed E-state index contributed by atoms with van der Waals surface area (Å²) in [7, 11) is 0. The van der Waals surface area contributed by atoms with Crippen LogP contribution in [0, 0.1) is 0 Å². The lowest BCUT2D eigenvalue weighted by Crippen LogP contribution is -2.15. The number of fused-ring (bicyclic) bond motifs is 2. The van der Waals surface area contributed by atoms with Crippen LogP contribution in [0.4, 0.5) is 0 Å². The smallest absolute Gasteiger partial charge is 0.162 e. The first-order valence-corrected chi connectivity index (χ1v) is 12.7. The molecule has 2 aromatic rings. The summed E-state index contributed by atoms with van der Waals surface area (Å²) in [4.78, 5) is 0. The predicted molar refractivity (Wildman–Crippen MR) is 134 cm³/mol. The van der Waals surface area contributed by atoms with E-state index in [1.807, 2.05) is 36.4 Å². The summed E-state index contributed by atoms with van der Waals surface area (Å²) in [6.07, 6.45) is 0. The Balaban J connectivity index is 1.48. The maximum absolute atomic E-state index is 5.83. The summed E-state index contributed by atoms with van der Waals surface area (Å²) in [6, 6.07) is 11.3. The number of rotatable bonds is 0. The predicted octanol–water partition coefficient (Wildman–Crippen LogP) is 4.51. The van der Waals surface area contributed by atoms with E-state index in [0.29, 0.717) is 102 Å². The van der Waals surface area contributed by atoms with Crippen molar-refractivity contribution in [1.82, 2.24) is 0 Å². The molecule has 0 saturated heterocycles. The van der Waals surface area contributed by atoms with E-state index in [9.17, 15) is 0 Å². The van der Waals surface area contributed by atoms with E-state index in [2.05, 4.69) is 31.9 Å². The van der Waals surface area contributed by atoms with E-state index in [1.54, 1.807) is 0 Å². The van der Waals surface area contributed by atoms with Crippen LogP contribution in [0.5, 0.6) is 23.0 Å². The zero-order chi connectivity index (χ0) is 23.8. The Kier molecular flexibility index (Phi) is 12.9. The summed E-state index contributed by atoms with van der Waals surface area (Å²) >= 11 is 6.92. The number of halogens is 2. The lowest BCUT2D eigenvalue weighted by atomic mass is 10.3. The zero-order valence-electron chi connectivity index (χ0n) is 19.0. The molecule has 1 aliphatic rings. The monoisotopic (exact) mass is 604 g/mol. The summed E-state index contributed by atoms with van der Waals surface area (Å²) in [6.45, 7) is 5.24. The Morgan fingerprint density at radius 1 is 0.382 bits per heavy atom. The minimum Gasteiger partial charge on any atom is -0.487 e. The van der Waals surface area contributed by atoms with Gasteiger partial charge in [0.2, 0.25) is 0 Å². The van der Waals surface area contributed by atoms with Gasteiger partial charge in [0.25, 0.3) is 0 Å². The molecule has 0 aromatic heterocycles. The zero-order valence-corrected chi connectivity index (χ0v) is 22.1. The van der Waals surface area contributed by atoms with Gasteiger partial charge in [-0.3, -0.25) is 0 Å². The third-order valence-corrected chi connectivity index (χ3v) is 5.48. The Morgan fingerprint density at radius 2 is 0.676 bits per heavy atom. The molecule has 1 aliphatic heterocycles. The fourth-order valence-electron chi connectivity index (χ4n) is 2.91. The van der Waals surface area contributed by atoms with E-state index in [1.165, 1.54) is 0 Å². The molecule has 0 unspecified atom stereocenters. The molecule has 0 bridgehead atoms. The van der Waals surface area contributed by atoms with E-state index in [4.69, 9.17) is 37.9 Å². The average Bonchev–Trinajstić information content (AvgIpc) is 2.83. The van der Waals surface area contributed by atoms with Crippen molar-refractivity contribution in [1.29, 1.82) is 0 Å². The van der Waals surface area contributed by atoms with Crippen molar-refractivity contribution >= 4 is 31.9 Å². The topological polar surface area (TPSA) is 73.8 Å². The maximum atomic E-state index is 5.83. The van der Waals surface area contributed by atoms with Gasteiger partial charge < -0.3 is 37.9 Å². The second-order valence-corrected chi connectivity index (χ2v) is 8.86. The Hall–Kier alpha value is -1.56. The molecule has 1 heterocycles. The fourth-order valence-corrected chi connectivity index (χ4v) is 3.59. The Morgan fingerprint density at radius 3 is 1.03 bits per heavy atom. The molecule has 34 heavy (non-hydrogen) atoms. The highest BCUT2D eigenvalue weighted by Crippen LogP contribution is 2.31. The van der Waals surface area contributed by atoms with Gasteiger partial charge in [-0.05, 0) is 36.4 Å². The van der Waals surface area contributed by atoms with Gasteiger partial charge in [-0.15, -0.1) is 0 Å². The Labute approximate surface area is 217 Å². The summed E-state index contributed by atoms with van der Waals surface area (Å²) in [5.41, 5.74) is 0. The van der Waals surface area contributed by atoms with E-state index in [0.717, 1.165) is 8.95 Å². The van der Waals surface area contributed by atoms with Crippen LogP contribution in [0.15, 0.2) is 45.3 Å². The second kappa shape index (κ2) is 16.2. The lowest BCUT2D eigenvalue weighted by molar-refractivity contribution is 0.0223. The molecule has 0 spiro atoms. The van der Waals surface area contributed by atoms with Crippen LogP contribution in [0.2, 0.25) is 0 Å². The number of benzene rings is 2. The normalized spacial score (nSPS) is 17.9. The number of hydrogen-bond acceptors (Lipinski definition) is 8. The summed E-state index contributed by atoms with van der Waals surface area (Å²) in [5, 5.41) is 0. The van der Waals surface area contributed by atoms with Crippen molar-refractivity contribution in [3.8, 4) is 23.0 Å². The van der Waals surface area contributed by atoms with E-state index >= 15 is 0 Å². The molecule has 0 fully saturated rings. The molecule has 188 valence electrons. The van der Waals surface area contributed by atoms with Crippen molar-refractivity contribution in [3.05, 3.63) is 45.3 Å². The molecule has 0 radical (unpaired) electrons. The SMILES string of the molecule is Brc1ccc2c(c1)OCCOCCOCCOc1cc(Br)ccc1OCCOCCOCCO2. The first-order chi connectivity index (χ1) is 16.7. The van der Waals surface area contributed by atoms with Crippen LogP contribution in [0.25, 0.3) is 0 Å². The summed E-state index contributed by atoms with van der Waals surface area (Å²) < 4.78 is 47.5. The first kappa shape index (κ1) is 27.0. The van der Waals surface area contributed by atoms with Gasteiger partial charge in [0, 0.05) is 8.95 Å². The quantitative estimate of drug-likeness (QED) is 0.434. The number of hydrogen-bond donors (Lipinski definition) is 0. The molecule has 0 saturated carbocycles. The van der Waals surface area contributed by atoms with Gasteiger partial charge in [0.05, 0.1) is 52.9 Å². The van der Waals surface area contributed by atoms with Gasteiger partial charge in [-0.25, -0.2) is 0 Å². The summed E-state index contributed by atoms with van der Waals surface area (Å²) in [5.74, 6) is 2.61.